The Kier molecular flexibility index (Phi) is 3.59. The Morgan fingerprint density at radius 1 is 1.24 bits per heavy atom. The Morgan fingerprint density at radius 2 is 2.00 bits per heavy atom. The van der Waals surface area contributed by atoms with Crippen molar-refractivity contribution in [1.82, 2.24) is 4.57 Å². The Morgan fingerprint density at radius 3 is 2.71 bits per heavy atom. The maximum absolute atomic E-state index is 13.5. The van der Waals surface area contributed by atoms with Crippen LogP contribution in [0.1, 0.15) is 15.9 Å². The molecule has 3 aromatic rings. The predicted molar refractivity (Wildman–Crippen MR) is 85.5 cm³/mol. The van der Waals surface area contributed by atoms with Crippen LogP contribution in [0.4, 0.5) is 4.39 Å². The molecule has 0 fully saturated rings. The number of rotatable bonds is 2. The molecule has 3 rings (SSSR count). The lowest BCUT2D eigenvalue weighted by atomic mass is 10.0. The number of aryl methyl sites for hydroxylation is 1. The average Bonchev–Trinajstić information content (AvgIpc) is 2.74. The lowest BCUT2D eigenvalue weighted by Crippen LogP contribution is -2.01. The van der Waals surface area contributed by atoms with Gasteiger partial charge in [0.05, 0.1) is 0 Å². The lowest BCUT2D eigenvalue weighted by Gasteiger charge is -2.01. The molecule has 0 atom stereocenters. The van der Waals surface area contributed by atoms with Gasteiger partial charge in [-0.05, 0) is 30.3 Å². The Balaban J connectivity index is 2.18. The van der Waals surface area contributed by atoms with Crippen molar-refractivity contribution in [2.75, 3.05) is 0 Å². The second kappa shape index (κ2) is 5.28. The first-order valence-corrected chi connectivity index (χ1v) is 7.38. The fraction of sp³-hybridized carbons (Fsp3) is 0.0625. The number of hydrogen-bond donors (Lipinski definition) is 0. The summed E-state index contributed by atoms with van der Waals surface area (Å²) in [5.41, 5.74) is 1.70. The molecule has 0 aliphatic heterocycles. The van der Waals surface area contributed by atoms with E-state index in [9.17, 15) is 9.18 Å². The summed E-state index contributed by atoms with van der Waals surface area (Å²) in [6.07, 6.45) is 1.74. The average molecular weight is 367 g/mol. The van der Waals surface area contributed by atoms with Gasteiger partial charge in [-0.1, -0.05) is 33.6 Å². The summed E-state index contributed by atoms with van der Waals surface area (Å²) in [6, 6.07) is 9.51. The van der Waals surface area contributed by atoms with Gasteiger partial charge in [0.1, 0.15) is 5.82 Å². The molecule has 0 aliphatic rings. The van der Waals surface area contributed by atoms with Crippen LogP contribution in [0.5, 0.6) is 0 Å². The fourth-order valence-corrected chi connectivity index (χ4v) is 3.01. The third-order valence-corrected chi connectivity index (χ3v) is 4.01. The molecule has 0 spiro atoms. The molecular weight excluding hydrogens is 357 g/mol. The van der Waals surface area contributed by atoms with Crippen molar-refractivity contribution in [2.24, 2.45) is 7.05 Å². The van der Waals surface area contributed by atoms with Gasteiger partial charge >= 0.3 is 0 Å². The zero-order valence-corrected chi connectivity index (χ0v) is 13.4. The molecule has 0 aliphatic carbocycles. The highest BCUT2D eigenvalue weighted by atomic mass is 79.9. The molecule has 2 aromatic carbocycles. The van der Waals surface area contributed by atoms with E-state index in [1.807, 2.05) is 11.6 Å². The van der Waals surface area contributed by atoms with Gasteiger partial charge in [-0.25, -0.2) is 4.39 Å². The number of fused-ring (bicyclic) bond motifs is 1. The number of carbonyl (C=O) groups is 1. The number of aromatic nitrogens is 1. The quantitative estimate of drug-likeness (QED) is 0.587. The molecule has 106 valence electrons. The zero-order chi connectivity index (χ0) is 15.1. The van der Waals surface area contributed by atoms with E-state index in [0.29, 0.717) is 20.6 Å². The van der Waals surface area contributed by atoms with Crippen molar-refractivity contribution in [3.8, 4) is 0 Å². The molecule has 0 N–H and O–H groups in total. The van der Waals surface area contributed by atoms with Gasteiger partial charge in [-0.15, -0.1) is 0 Å². The molecule has 0 bridgehead atoms. The molecular formula is C16H10BrClFNO. The Hall–Kier alpha value is -1.65. The van der Waals surface area contributed by atoms with E-state index < -0.39 is 5.82 Å². The van der Waals surface area contributed by atoms with Gasteiger partial charge < -0.3 is 4.57 Å². The molecule has 21 heavy (non-hydrogen) atoms. The van der Waals surface area contributed by atoms with Gasteiger partial charge in [-0.2, -0.15) is 0 Å². The number of benzene rings is 2. The Bertz CT molecular complexity index is 852. The van der Waals surface area contributed by atoms with E-state index in [2.05, 4.69) is 15.9 Å². The summed E-state index contributed by atoms with van der Waals surface area (Å²) in [5.74, 6) is -0.667. The first-order valence-electron chi connectivity index (χ1n) is 6.21. The normalized spacial score (nSPS) is 11.0. The second-order valence-corrected chi connectivity index (χ2v) is 6.15. The highest BCUT2D eigenvalue weighted by Crippen LogP contribution is 2.27. The molecule has 0 saturated carbocycles. The fourth-order valence-electron chi connectivity index (χ4n) is 2.38. The number of ketones is 1. The van der Waals surface area contributed by atoms with Crippen molar-refractivity contribution >= 4 is 44.2 Å². The summed E-state index contributed by atoms with van der Waals surface area (Å²) >= 11 is 9.19. The van der Waals surface area contributed by atoms with E-state index in [1.54, 1.807) is 30.5 Å². The number of carbonyl (C=O) groups excluding carboxylic acids is 1. The zero-order valence-electron chi connectivity index (χ0n) is 11.0. The van der Waals surface area contributed by atoms with E-state index >= 15 is 0 Å². The van der Waals surface area contributed by atoms with Gasteiger partial charge in [0, 0.05) is 44.8 Å². The highest BCUT2D eigenvalue weighted by Gasteiger charge is 2.17. The van der Waals surface area contributed by atoms with Crippen LogP contribution < -0.4 is 0 Å². The van der Waals surface area contributed by atoms with Gasteiger partial charge in [-0.3, -0.25) is 4.79 Å². The lowest BCUT2D eigenvalue weighted by molar-refractivity contribution is 0.103. The third kappa shape index (κ3) is 2.61. The summed E-state index contributed by atoms with van der Waals surface area (Å²) < 4.78 is 15.8. The first-order chi connectivity index (χ1) is 9.95. The van der Waals surface area contributed by atoms with Crippen molar-refractivity contribution in [3.63, 3.8) is 0 Å². The van der Waals surface area contributed by atoms with E-state index in [-0.39, 0.29) is 5.78 Å². The van der Waals surface area contributed by atoms with Gasteiger partial charge in [0.2, 0.25) is 0 Å². The van der Waals surface area contributed by atoms with Crippen molar-refractivity contribution in [1.29, 1.82) is 0 Å². The van der Waals surface area contributed by atoms with Crippen molar-refractivity contribution < 1.29 is 9.18 Å². The maximum Gasteiger partial charge on any atom is 0.195 e. The summed E-state index contributed by atoms with van der Waals surface area (Å²) in [6.45, 7) is 0. The minimum atomic E-state index is -0.448. The van der Waals surface area contributed by atoms with Crippen LogP contribution in [0, 0.1) is 5.82 Å². The summed E-state index contributed by atoms with van der Waals surface area (Å²) in [4.78, 5) is 12.6. The van der Waals surface area contributed by atoms with Crippen LogP contribution in [0.15, 0.2) is 47.1 Å². The van der Waals surface area contributed by atoms with Gasteiger partial charge in [0.25, 0.3) is 0 Å². The topological polar surface area (TPSA) is 22.0 Å². The summed E-state index contributed by atoms with van der Waals surface area (Å²) in [7, 11) is 1.84. The molecule has 0 amide bonds. The highest BCUT2D eigenvalue weighted by molar-refractivity contribution is 9.10. The third-order valence-electron chi connectivity index (χ3n) is 3.32. The largest absolute Gasteiger partial charge is 0.350 e. The maximum atomic E-state index is 13.5. The molecule has 0 saturated heterocycles. The van der Waals surface area contributed by atoms with Crippen LogP contribution in [-0.4, -0.2) is 10.4 Å². The molecule has 0 radical (unpaired) electrons. The van der Waals surface area contributed by atoms with Gasteiger partial charge in [0.15, 0.2) is 5.78 Å². The van der Waals surface area contributed by atoms with E-state index in [0.717, 1.165) is 10.9 Å². The van der Waals surface area contributed by atoms with Crippen molar-refractivity contribution in [2.45, 2.75) is 0 Å². The standard InChI is InChI=1S/C16H10BrClFNO/c1-20-8-14(13-3-2-11(18)7-15(13)20)16(21)9-4-10(17)6-12(19)5-9/h2-8H,1H3. The van der Waals surface area contributed by atoms with E-state index in [4.69, 9.17) is 11.6 Å². The van der Waals surface area contributed by atoms with E-state index in [1.165, 1.54) is 12.1 Å². The Labute approximate surface area is 134 Å². The summed E-state index contributed by atoms with van der Waals surface area (Å²) in [5, 5.41) is 1.41. The second-order valence-electron chi connectivity index (χ2n) is 4.80. The number of halogens is 3. The molecule has 5 heteroatoms. The monoisotopic (exact) mass is 365 g/mol. The minimum Gasteiger partial charge on any atom is -0.350 e. The number of hydrogen-bond acceptors (Lipinski definition) is 1. The van der Waals surface area contributed by atoms with Crippen LogP contribution in [-0.2, 0) is 7.05 Å². The van der Waals surface area contributed by atoms with Crippen LogP contribution in [0.25, 0.3) is 10.9 Å². The predicted octanol–water partition coefficient (Wildman–Crippen LogP) is 4.96. The van der Waals surface area contributed by atoms with Crippen molar-refractivity contribution in [3.05, 3.63) is 69.0 Å². The SMILES string of the molecule is Cn1cc(C(=O)c2cc(F)cc(Br)c2)c2ccc(Cl)cc21. The minimum absolute atomic E-state index is 0.219. The number of nitrogens with zero attached hydrogens (tertiary/aromatic N) is 1. The molecule has 0 unspecified atom stereocenters. The van der Waals surface area contributed by atoms with Crippen LogP contribution >= 0.6 is 27.5 Å². The smallest absolute Gasteiger partial charge is 0.195 e. The molecule has 1 heterocycles. The molecule has 2 nitrogen and oxygen atoms in total. The van der Waals surface area contributed by atoms with Crippen LogP contribution in [0.3, 0.4) is 0 Å². The first kappa shape index (κ1) is 14.3. The van der Waals surface area contributed by atoms with Crippen LogP contribution in [0.2, 0.25) is 5.02 Å². The molecule has 1 aromatic heterocycles.